The molecule has 2 aromatic heterocycles. The van der Waals surface area contributed by atoms with Crippen molar-refractivity contribution in [2.45, 2.75) is 44.4 Å². The van der Waals surface area contributed by atoms with Gasteiger partial charge in [0, 0.05) is 24.6 Å². The van der Waals surface area contributed by atoms with Crippen molar-refractivity contribution in [1.82, 2.24) is 15.3 Å². The molecule has 0 atom stereocenters. The van der Waals surface area contributed by atoms with Crippen molar-refractivity contribution in [2.24, 2.45) is 0 Å². The van der Waals surface area contributed by atoms with Crippen molar-refractivity contribution in [1.29, 1.82) is 0 Å². The molecular formula is C18H21N3O3. The first-order valence-electron chi connectivity index (χ1n) is 8.18. The summed E-state index contributed by atoms with van der Waals surface area (Å²) in [4.78, 5) is 20.6. The summed E-state index contributed by atoms with van der Waals surface area (Å²) in [6.07, 6.45) is 7.75. The zero-order valence-electron chi connectivity index (χ0n) is 13.4. The molecule has 1 aliphatic carbocycles. The van der Waals surface area contributed by atoms with Gasteiger partial charge in [-0.05, 0) is 55.5 Å². The van der Waals surface area contributed by atoms with Gasteiger partial charge in [0.2, 0.25) is 0 Å². The normalized spacial score (nSPS) is 20.4. The Balaban J connectivity index is 1.63. The van der Waals surface area contributed by atoms with Crippen molar-refractivity contribution in [3.63, 3.8) is 0 Å². The Morgan fingerprint density at radius 2 is 1.92 bits per heavy atom. The molecule has 6 nitrogen and oxygen atoms in total. The average molecular weight is 327 g/mol. The van der Waals surface area contributed by atoms with E-state index in [1.165, 1.54) is 0 Å². The van der Waals surface area contributed by atoms with Gasteiger partial charge in [-0.1, -0.05) is 0 Å². The van der Waals surface area contributed by atoms with E-state index in [9.17, 15) is 9.90 Å². The molecule has 1 amide bonds. The van der Waals surface area contributed by atoms with Crippen LogP contribution < -0.4 is 10.1 Å². The van der Waals surface area contributed by atoms with E-state index in [4.69, 9.17) is 4.74 Å². The average Bonchev–Trinajstić information content (AvgIpc) is 2.63. The van der Waals surface area contributed by atoms with Crippen LogP contribution in [0.25, 0.3) is 0 Å². The number of aliphatic hydroxyl groups excluding tert-OH is 1. The molecule has 126 valence electrons. The maximum atomic E-state index is 12.5. The van der Waals surface area contributed by atoms with Gasteiger partial charge < -0.3 is 15.2 Å². The second-order valence-electron chi connectivity index (χ2n) is 5.97. The molecule has 2 N–H and O–H groups in total. The molecule has 2 aromatic rings. The largest absolute Gasteiger partial charge is 0.486 e. The Morgan fingerprint density at radius 3 is 2.67 bits per heavy atom. The molecule has 0 aromatic carbocycles. The van der Waals surface area contributed by atoms with E-state index in [2.05, 4.69) is 15.3 Å². The number of aliphatic hydroxyl groups is 1. The molecule has 24 heavy (non-hydrogen) atoms. The molecule has 1 aliphatic rings. The number of nitrogens with zero attached hydrogens (tertiary/aromatic N) is 2. The molecule has 0 unspecified atom stereocenters. The van der Waals surface area contributed by atoms with Crippen LogP contribution in [0.1, 0.15) is 41.7 Å². The number of pyridine rings is 2. The number of ether oxygens (including phenoxy) is 1. The molecular weight excluding hydrogens is 306 g/mol. The second-order valence-corrected chi connectivity index (χ2v) is 5.97. The second kappa shape index (κ2) is 7.88. The molecule has 1 fully saturated rings. The van der Waals surface area contributed by atoms with Gasteiger partial charge in [-0.3, -0.25) is 9.78 Å². The van der Waals surface area contributed by atoms with E-state index in [1.54, 1.807) is 30.7 Å². The summed E-state index contributed by atoms with van der Waals surface area (Å²) >= 11 is 0. The van der Waals surface area contributed by atoms with Crippen molar-refractivity contribution in [2.75, 3.05) is 0 Å². The number of hydrogen-bond acceptors (Lipinski definition) is 5. The third kappa shape index (κ3) is 4.29. The van der Waals surface area contributed by atoms with E-state index in [0.29, 0.717) is 12.4 Å². The highest BCUT2D eigenvalue weighted by molar-refractivity contribution is 5.95. The summed E-state index contributed by atoms with van der Waals surface area (Å²) in [6.45, 7) is 0.351. The SMILES string of the molecule is O=C(NC1CCC(O)CC1)c1ncccc1OCc1ccncc1. The number of aromatic nitrogens is 2. The van der Waals surface area contributed by atoms with Crippen molar-refractivity contribution in [3.05, 3.63) is 54.1 Å². The van der Waals surface area contributed by atoms with Gasteiger partial charge in [-0.15, -0.1) is 0 Å². The number of hydrogen-bond donors (Lipinski definition) is 2. The fourth-order valence-corrected chi connectivity index (χ4v) is 2.79. The Bertz CT molecular complexity index is 670. The fourth-order valence-electron chi connectivity index (χ4n) is 2.79. The van der Waals surface area contributed by atoms with Gasteiger partial charge in [0.05, 0.1) is 6.10 Å². The predicted octanol–water partition coefficient (Wildman–Crippen LogP) is 2.09. The lowest BCUT2D eigenvalue weighted by Crippen LogP contribution is -2.39. The maximum absolute atomic E-state index is 12.5. The Labute approximate surface area is 140 Å². The third-order valence-corrected chi connectivity index (χ3v) is 4.16. The molecule has 0 aliphatic heterocycles. The summed E-state index contributed by atoms with van der Waals surface area (Å²) in [6, 6.07) is 7.30. The lowest BCUT2D eigenvalue weighted by Gasteiger charge is -2.26. The quantitative estimate of drug-likeness (QED) is 0.878. The van der Waals surface area contributed by atoms with Crippen molar-refractivity contribution < 1.29 is 14.6 Å². The summed E-state index contributed by atoms with van der Waals surface area (Å²) in [7, 11) is 0. The molecule has 2 heterocycles. The topological polar surface area (TPSA) is 84.3 Å². The minimum absolute atomic E-state index is 0.0796. The van der Waals surface area contributed by atoms with Gasteiger partial charge in [0.15, 0.2) is 11.4 Å². The Kier molecular flexibility index (Phi) is 5.38. The molecule has 0 radical (unpaired) electrons. The highest BCUT2D eigenvalue weighted by Gasteiger charge is 2.23. The van der Waals surface area contributed by atoms with E-state index in [1.807, 2.05) is 12.1 Å². The van der Waals surface area contributed by atoms with E-state index < -0.39 is 0 Å². The first-order valence-corrected chi connectivity index (χ1v) is 8.18. The summed E-state index contributed by atoms with van der Waals surface area (Å²) in [5.74, 6) is 0.226. The molecule has 0 bridgehead atoms. The van der Waals surface area contributed by atoms with Crippen LogP contribution in [0.3, 0.4) is 0 Å². The zero-order chi connectivity index (χ0) is 16.8. The predicted molar refractivity (Wildman–Crippen MR) is 88.5 cm³/mol. The monoisotopic (exact) mass is 327 g/mol. The summed E-state index contributed by atoms with van der Waals surface area (Å²) < 4.78 is 5.76. The van der Waals surface area contributed by atoms with E-state index in [0.717, 1.165) is 31.2 Å². The van der Waals surface area contributed by atoms with Crippen LogP contribution in [0, 0.1) is 0 Å². The van der Waals surface area contributed by atoms with Crippen LogP contribution in [0.5, 0.6) is 5.75 Å². The highest BCUT2D eigenvalue weighted by atomic mass is 16.5. The van der Waals surface area contributed by atoms with Crippen LogP contribution in [-0.2, 0) is 6.61 Å². The number of carbonyl (C=O) groups is 1. The maximum Gasteiger partial charge on any atom is 0.273 e. The van der Waals surface area contributed by atoms with Crippen LogP contribution in [0.15, 0.2) is 42.9 Å². The lowest BCUT2D eigenvalue weighted by molar-refractivity contribution is 0.0859. The molecule has 3 rings (SSSR count). The first kappa shape index (κ1) is 16.4. The third-order valence-electron chi connectivity index (χ3n) is 4.16. The van der Waals surface area contributed by atoms with Crippen LogP contribution >= 0.6 is 0 Å². The van der Waals surface area contributed by atoms with Gasteiger partial charge in [-0.25, -0.2) is 4.98 Å². The first-order chi connectivity index (χ1) is 11.7. The van der Waals surface area contributed by atoms with E-state index in [-0.39, 0.29) is 23.7 Å². The molecule has 6 heteroatoms. The van der Waals surface area contributed by atoms with Crippen molar-refractivity contribution in [3.8, 4) is 5.75 Å². The van der Waals surface area contributed by atoms with E-state index >= 15 is 0 Å². The minimum atomic E-state index is -0.243. The zero-order valence-corrected chi connectivity index (χ0v) is 13.4. The Hall–Kier alpha value is -2.47. The fraction of sp³-hybridized carbons (Fsp3) is 0.389. The smallest absolute Gasteiger partial charge is 0.273 e. The van der Waals surface area contributed by atoms with Gasteiger partial charge in [-0.2, -0.15) is 0 Å². The minimum Gasteiger partial charge on any atom is -0.486 e. The standard InChI is InChI=1S/C18H21N3O3/c22-15-5-3-14(4-6-15)21-18(23)17-16(2-1-9-20-17)24-12-13-7-10-19-11-8-13/h1-2,7-11,14-15,22H,3-6,12H2,(H,21,23). The Morgan fingerprint density at radius 1 is 1.17 bits per heavy atom. The summed E-state index contributed by atoms with van der Waals surface area (Å²) in [5.41, 5.74) is 1.26. The summed E-state index contributed by atoms with van der Waals surface area (Å²) in [5, 5.41) is 12.5. The van der Waals surface area contributed by atoms with Crippen LogP contribution in [-0.4, -0.2) is 33.1 Å². The van der Waals surface area contributed by atoms with Crippen molar-refractivity contribution >= 4 is 5.91 Å². The van der Waals surface area contributed by atoms with Gasteiger partial charge in [0.1, 0.15) is 6.61 Å². The molecule has 0 spiro atoms. The van der Waals surface area contributed by atoms with Crippen LogP contribution in [0.4, 0.5) is 0 Å². The molecule has 1 saturated carbocycles. The van der Waals surface area contributed by atoms with Crippen LogP contribution in [0.2, 0.25) is 0 Å². The molecule has 0 saturated heterocycles. The number of carbonyl (C=O) groups excluding carboxylic acids is 1. The number of nitrogens with one attached hydrogen (secondary N) is 1. The van der Waals surface area contributed by atoms with Gasteiger partial charge >= 0.3 is 0 Å². The van der Waals surface area contributed by atoms with Gasteiger partial charge in [0.25, 0.3) is 5.91 Å². The number of rotatable bonds is 5. The lowest BCUT2D eigenvalue weighted by atomic mass is 9.93. The highest BCUT2D eigenvalue weighted by Crippen LogP contribution is 2.21. The number of amides is 1.